The number of aromatic nitrogens is 3. The third-order valence-corrected chi connectivity index (χ3v) is 1.04. The van der Waals surface area contributed by atoms with Crippen LogP contribution in [0.1, 0.15) is 10.6 Å². The van der Waals surface area contributed by atoms with Crippen LogP contribution in [0.3, 0.4) is 0 Å². The van der Waals surface area contributed by atoms with Gasteiger partial charge in [0.1, 0.15) is 0 Å². The van der Waals surface area contributed by atoms with E-state index in [1.807, 2.05) is 0 Å². The molecule has 7 nitrogen and oxygen atoms in total. The minimum Gasteiger partial charge on any atom is -0.366 e. The van der Waals surface area contributed by atoms with Gasteiger partial charge in [0.25, 0.3) is 0 Å². The lowest BCUT2D eigenvalue weighted by molar-refractivity contribution is 0.0846. The Balaban J connectivity index is 2.65. The molecule has 1 rings (SSSR count). The first-order valence-corrected chi connectivity index (χ1v) is 3.26. The van der Waals surface area contributed by atoms with Crippen molar-refractivity contribution in [3.05, 3.63) is 5.82 Å². The summed E-state index contributed by atoms with van der Waals surface area (Å²) in [6.07, 6.45) is 0. The highest BCUT2D eigenvalue weighted by Gasteiger charge is 2.09. The van der Waals surface area contributed by atoms with Crippen LogP contribution < -0.4 is 11.2 Å². The molecule has 12 heavy (non-hydrogen) atoms. The largest absolute Gasteiger partial charge is 0.366 e. The maximum atomic E-state index is 11.1. The van der Waals surface area contributed by atoms with Crippen LogP contribution in [-0.4, -0.2) is 40.2 Å². The van der Waals surface area contributed by atoms with Gasteiger partial charge in [0.15, 0.2) is 0 Å². The molecule has 1 aromatic rings. The summed E-state index contributed by atoms with van der Waals surface area (Å²) in [5.41, 5.74) is 7.68. The van der Waals surface area contributed by atoms with Gasteiger partial charge in [-0.3, -0.25) is 15.3 Å². The van der Waals surface area contributed by atoms with Crippen molar-refractivity contribution < 1.29 is 4.79 Å². The standard InChI is InChI=1S/C5H10N6O/c1-11(2)10-4(12)3-7-5(6)9-8-3/h1-2H3,(H,10,12)(H3,6,7,8,9). The molecule has 0 aromatic carbocycles. The number of carbonyl (C=O) groups excluding carboxylic acids is 1. The van der Waals surface area contributed by atoms with Crippen LogP contribution in [0.25, 0.3) is 0 Å². The summed E-state index contributed by atoms with van der Waals surface area (Å²) < 4.78 is 0. The molecule has 0 fully saturated rings. The molecule has 0 aliphatic heterocycles. The Morgan fingerprint density at radius 1 is 1.67 bits per heavy atom. The first kappa shape index (κ1) is 8.47. The molecule has 7 heteroatoms. The Labute approximate surface area is 68.9 Å². The molecule has 0 aliphatic rings. The summed E-state index contributed by atoms with van der Waals surface area (Å²) in [4.78, 5) is 14.8. The Morgan fingerprint density at radius 3 is 2.75 bits per heavy atom. The van der Waals surface area contributed by atoms with Crippen molar-refractivity contribution in [1.29, 1.82) is 0 Å². The number of aromatic amines is 1. The van der Waals surface area contributed by atoms with Crippen LogP contribution in [0.15, 0.2) is 0 Å². The molecular weight excluding hydrogens is 160 g/mol. The number of hydrogen-bond acceptors (Lipinski definition) is 5. The van der Waals surface area contributed by atoms with Gasteiger partial charge in [0, 0.05) is 14.1 Å². The minimum absolute atomic E-state index is 0.0545. The summed E-state index contributed by atoms with van der Waals surface area (Å²) in [5.74, 6) is -0.218. The number of amides is 1. The van der Waals surface area contributed by atoms with Crippen LogP contribution in [0.2, 0.25) is 0 Å². The predicted molar refractivity (Wildman–Crippen MR) is 41.9 cm³/mol. The third kappa shape index (κ3) is 1.92. The smallest absolute Gasteiger partial charge is 0.302 e. The maximum absolute atomic E-state index is 11.1. The molecule has 1 amide bonds. The second-order valence-electron chi connectivity index (χ2n) is 2.38. The van der Waals surface area contributed by atoms with Gasteiger partial charge in [-0.25, -0.2) is 5.01 Å². The van der Waals surface area contributed by atoms with Crippen LogP contribution in [0.4, 0.5) is 5.95 Å². The highest BCUT2D eigenvalue weighted by Crippen LogP contribution is 1.91. The summed E-state index contributed by atoms with van der Waals surface area (Å²) >= 11 is 0. The molecule has 0 bridgehead atoms. The molecule has 0 radical (unpaired) electrons. The van der Waals surface area contributed by atoms with Gasteiger partial charge in [-0.1, -0.05) is 0 Å². The van der Waals surface area contributed by atoms with Crippen molar-refractivity contribution >= 4 is 11.9 Å². The number of nitrogen functional groups attached to an aromatic ring is 1. The van der Waals surface area contributed by atoms with Crippen LogP contribution in [0, 0.1) is 0 Å². The highest BCUT2D eigenvalue weighted by atomic mass is 16.2. The van der Waals surface area contributed by atoms with Crippen molar-refractivity contribution in [2.45, 2.75) is 0 Å². The number of rotatable bonds is 2. The molecule has 66 valence electrons. The lowest BCUT2D eigenvalue weighted by atomic mass is 10.6. The van der Waals surface area contributed by atoms with E-state index in [1.54, 1.807) is 14.1 Å². The molecule has 1 heterocycles. The van der Waals surface area contributed by atoms with E-state index in [2.05, 4.69) is 20.6 Å². The molecule has 0 atom stereocenters. The molecule has 0 saturated heterocycles. The van der Waals surface area contributed by atoms with Crippen LogP contribution >= 0.6 is 0 Å². The predicted octanol–water partition coefficient (Wildman–Crippen LogP) is -1.41. The van der Waals surface area contributed by atoms with Crippen molar-refractivity contribution in [1.82, 2.24) is 25.6 Å². The fourth-order valence-corrected chi connectivity index (χ4v) is 0.632. The zero-order valence-electron chi connectivity index (χ0n) is 6.83. The fourth-order valence-electron chi connectivity index (χ4n) is 0.632. The zero-order chi connectivity index (χ0) is 9.14. The van der Waals surface area contributed by atoms with Gasteiger partial charge < -0.3 is 5.73 Å². The van der Waals surface area contributed by atoms with E-state index in [0.29, 0.717) is 0 Å². The lowest BCUT2D eigenvalue weighted by Gasteiger charge is -2.08. The molecule has 0 spiro atoms. The second-order valence-corrected chi connectivity index (χ2v) is 2.38. The monoisotopic (exact) mass is 170 g/mol. The van der Waals surface area contributed by atoms with Gasteiger partial charge in [-0.2, -0.15) is 4.98 Å². The molecule has 0 saturated carbocycles. The average Bonchev–Trinajstić information content (AvgIpc) is 2.34. The zero-order valence-corrected chi connectivity index (χ0v) is 6.83. The SMILES string of the molecule is CN(C)NC(=O)c1nc(N)n[nH]1. The van der Waals surface area contributed by atoms with Gasteiger partial charge >= 0.3 is 5.91 Å². The van der Waals surface area contributed by atoms with Crippen molar-refractivity contribution in [2.75, 3.05) is 19.8 Å². The minimum atomic E-state index is -0.371. The van der Waals surface area contributed by atoms with E-state index in [-0.39, 0.29) is 17.7 Å². The summed E-state index contributed by atoms with van der Waals surface area (Å²) in [7, 11) is 3.38. The number of nitrogens with two attached hydrogens (primary N) is 1. The summed E-state index contributed by atoms with van der Waals surface area (Å²) in [6, 6.07) is 0. The quantitative estimate of drug-likeness (QED) is 0.474. The summed E-state index contributed by atoms with van der Waals surface area (Å²) in [5, 5.41) is 7.39. The lowest BCUT2D eigenvalue weighted by Crippen LogP contribution is -2.36. The number of hydrogen-bond donors (Lipinski definition) is 3. The van der Waals surface area contributed by atoms with Crippen LogP contribution in [-0.2, 0) is 0 Å². The van der Waals surface area contributed by atoms with E-state index in [0.717, 1.165) is 0 Å². The van der Waals surface area contributed by atoms with Crippen molar-refractivity contribution in [3.63, 3.8) is 0 Å². The second kappa shape index (κ2) is 3.18. The normalized spacial score (nSPS) is 10.2. The number of carbonyl (C=O) groups is 1. The third-order valence-electron chi connectivity index (χ3n) is 1.04. The molecule has 4 N–H and O–H groups in total. The van der Waals surface area contributed by atoms with Gasteiger partial charge in [0.05, 0.1) is 0 Å². The van der Waals surface area contributed by atoms with E-state index < -0.39 is 0 Å². The molecule has 0 unspecified atom stereocenters. The first-order chi connectivity index (χ1) is 5.59. The maximum Gasteiger partial charge on any atom is 0.302 e. The molecule has 0 aliphatic carbocycles. The first-order valence-electron chi connectivity index (χ1n) is 3.26. The van der Waals surface area contributed by atoms with Crippen LogP contribution in [0.5, 0.6) is 0 Å². The number of nitrogens with one attached hydrogen (secondary N) is 2. The van der Waals surface area contributed by atoms with Gasteiger partial charge in [0.2, 0.25) is 11.8 Å². The Kier molecular flexibility index (Phi) is 2.24. The van der Waals surface area contributed by atoms with Crippen molar-refractivity contribution in [2.24, 2.45) is 0 Å². The Bertz CT molecular complexity index is 279. The number of hydrazine groups is 1. The average molecular weight is 170 g/mol. The Morgan fingerprint density at radius 2 is 2.33 bits per heavy atom. The van der Waals surface area contributed by atoms with E-state index in [1.165, 1.54) is 5.01 Å². The highest BCUT2D eigenvalue weighted by molar-refractivity contribution is 5.90. The van der Waals surface area contributed by atoms with E-state index >= 15 is 0 Å². The Hall–Kier alpha value is -1.63. The number of anilines is 1. The summed E-state index contributed by atoms with van der Waals surface area (Å²) in [6.45, 7) is 0. The molecular formula is C5H10N6O. The fraction of sp³-hybridized carbons (Fsp3) is 0.400. The number of H-pyrrole nitrogens is 1. The van der Waals surface area contributed by atoms with E-state index in [4.69, 9.17) is 5.73 Å². The topological polar surface area (TPSA) is 99.9 Å². The van der Waals surface area contributed by atoms with Gasteiger partial charge in [-0.15, -0.1) is 5.10 Å². The number of nitrogens with zero attached hydrogens (tertiary/aromatic N) is 3. The van der Waals surface area contributed by atoms with Crippen molar-refractivity contribution in [3.8, 4) is 0 Å². The molecule has 1 aromatic heterocycles. The van der Waals surface area contributed by atoms with E-state index in [9.17, 15) is 4.79 Å². The van der Waals surface area contributed by atoms with Gasteiger partial charge in [-0.05, 0) is 0 Å².